The molecule has 8 saturated carbocycles. The monoisotopic (exact) mass is 668 g/mol. The maximum atomic E-state index is 11.9. The lowest BCUT2D eigenvalue weighted by Crippen LogP contribution is -2.60. The number of carbonyl (C=O) groups is 4. The molecule has 1 saturated heterocycles. The van der Waals surface area contributed by atoms with Gasteiger partial charge >= 0.3 is 23.9 Å². The van der Waals surface area contributed by atoms with Crippen LogP contribution >= 0.6 is 0 Å². The molecule has 0 radical (unpaired) electrons. The van der Waals surface area contributed by atoms with E-state index in [2.05, 4.69) is 38.3 Å². The van der Waals surface area contributed by atoms with E-state index >= 15 is 0 Å². The average molecular weight is 669 g/mol. The standard InChI is InChI=1S/C17H26O2.C14H20O3.C8H10O4/c1-11(2)15(18)19-16(3,4)17-8-12-5-13(9-17)7-14(6-12)10-17;1-9(2)12(15)17-14-6-10-3-11(7-14)5-13(16,4-10)8-14;1-5(2)7(9)12-6-3-4-11-8(6)10/h12-14H,1,5-10H2,2-4H3;10-11,16H,1,3-8H2,2H3;6H,1,3-4H2,2H3. The van der Waals surface area contributed by atoms with Gasteiger partial charge in [-0.15, -0.1) is 0 Å². The van der Waals surface area contributed by atoms with Crippen molar-refractivity contribution in [2.75, 3.05) is 6.61 Å². The third-order valence-corrected chi connectivity index (χ3v) is 12.1. The van der Waals surface area contributed by atoms with Crippen LogP contribution in [0.2, 0.25) is 0 Å². The van der Waals surface area contributed by atoms with Gasteiger partial charge in [0.1, 0.15) is 11.2 Å². The Balaban J connectivity index is 0.000000145. The van der Waals surface area contributed by atoms with Crippen molar-refractivity contribution < 1.29 is 43.2 Å². The van der Waals surface area contributed by atoms with Gasteiger partial charge in [0.2, 0.25) is 6.10 Å². The van der Waals surface area contributed by atoms with Crippen molar-refractivity contribution >= 4 is 23.9 Å². The van der Waals surface area contributed by atoms with Crippen molar-refractivity contribution in [3.8, 4) is 0 Å². The first-order chi connectivity index (χ1) is 22.3. The van der Waals surface area contributed by atoms with Crippen LogP contribution in [0.4, 0.5) is 0 Å². The molecule has 9 heteroatoms. The zero-order valence-corrected chi connectivity index (χ0v) is 29.7. The summed E-state index contributed by atoms with van der Waals surface area (Å²) in [6.45, 7) is 20.3. The second-order valence-corrected chi connectivity index (χ2v) is 17.0. The van der Waals surface area contributed by atoms with Crippen LogP contribution in [0.5, 0.6) is 0 Å². The number of esters is 4. The molecule has 9 aliphatic rings. The van der Waals surface area contributed by atoms with Crippen LogP contribution in [0.3, 0.4) is 0 Å². The van der Waals surface area contributed by atoms with Gasteiger partial charge in [-0.1, -0.05) is 19.7 Å². The highest BCUT2D eigenvalue weighted by atomic mass is 16.6. The molecular weight excluding hydrogens is 612 g/mol. The number of aliphatic hydroxyl groups is 1. The van der Waals surface area contributed by atoms with Crippen LogP contribution in [0, 0.1) is 35.0 Å². The molecular formula is C39H56O9. The Bertz CT molecular complexity index is 1310. The summed E-state index contributed by atoms with van der Waals surface area (Å²) in [5.74, 6) is 2.20. The molecule has 1 N–H and O–H groups in total. The van der Waals surface area contributed by atoms with E-state index in [0.717, 1.165) is 43.4 Å². The maximum Gasteiger partial charge on any atom is 0.347 e. The predicted molar refractivity (Wildman–Crippen MR) is 179 cm³/mol. The molecule has 48 heavy (non-hydrogen) atoms. The van der Waals surface area contributed by atoms with E-state index in [0.29, 0.717) is 42.4 Å². The second kappa shape index (κ2) is 13.4. The van der Waals surface area contributed by atoms with Crippen LogP contribution in [0.15, 0.2) is 36.5 Å². The molecule has 1 aliphatic heterocycles. The molecule has 0 spiro atoms. The first kappa shape index (κ1) is 36.3. The van der Waals surface area contributed by atoms with Gasteiger partial charge in [0, 0.05) is 35.0 Å². The van der Waals surface area contributed by atoms with E-state index in [4.69, 9.17) is 14.2 Å². The second-order valence-electron chi connectivity index (χ2n) is 17.0. The lowest BCUT2D eigenvalue weighted by molar-refractivity contribution is -0.217. The van der Waals surface area contributed by atoms with Crippen molar-refractivity contribution in [3.05, 3.63) is 36.5 Å². The molecule has 0 aromatic carbocycles. The third kappa shape index (κ3) is 7.76. The summed E-state index contributed by atoms with van der Waals surface area (Å²) in [6.07, 6.45) is 13.3. The van der Waals surface area contributed by atoms with Gasteiger partial charge in [0.05, 0.1) is 12.2 Å². The van der Waals surface area contributed by atoms with Crippen LogP contribution in [-0.4, -0.2) is 58.5 Å². The molecule has 9 rings (SSSR count). The van der Waals surface area contributed by atoms with Crippen LogP contribution in [0.25, 0.3) is 0 Å². The molecule has 8 aliphatic carbocycles. The van der Waals surface area contributed by atoms with Crippen molar-refractivity contribution in [1.82, 2.24) is 0 Å². The number of rotatable bonds is 7. The Labute approximate surface area is 285 Å². The predicted octanol–water partition coefficient (Wildman–Crippen LogP) is 6.71. The van der Waals surface area contributed by atoms with Gasteiger partial charge in [0.25, 0.3) is 0 Å². The van der Waals surface area contributed by atoms with Gasteiger partial charge in [-0.25, -0.2) is 19.2 Å². The Morgan fingerprint density at radius 2 is 1.23 bits per heavy atom. The van der Waals surface area contributed by atoms with Gasteiger partial charge in [-0.05, 0) is 135 Å². The average Bonchev–Trinajstić information content (AvgIpc) is 3.34. The third-order valence-electron chi connectivity index (χ3n) is 12.1. The highest BCUT2D eigenvalue weighted by molar-refractivity contribution is 5.90. The summed E-state index contributed by atoms with van der Waals surface area (Å²) >= 11 is 0. The molecule has 9 fully saturated rings. The van der Waals surface area contributed by atoms with E-state index in [-0.39, 0.29) is 28.5 Å². The molecule has 8 bridgehead atoms. The minimum atomic E-state index is -0.728. The lowest BCUT2D eigenvalue weighted by atomic mass is 9.46. The van der Waals surface area contributed by atoms with Gasteiger partial charge < -0.3 is 24.1 Å². The molecule has 266 valence electrons. The van der Waals surface area contributed by atoms with Crippen LogP contribution < -0.4 is 0 Å². The maximum absolute atomic E-state index is 11.9. The fraction of sp³-hybridized carbons (Fsp3) is 0.744. The van der Waals surface area contributed by atoms with Crippen LogP contribution in [0.1, 0.15) is 118 Å². The van der Waals surface area contributed by atoms with Gasteiger partial charge in [0.15, 0.2) is 0 Å². The van der Waals surface area contributed by atoms with E-state index in [9.17, 15) is 24.3 Å². The van der Waals surface area contributed by atoms with Gasteiger partial charge in [-0.3, -0.25) is 0 Å². The van der Waals surface area contributed by atoms with E-state index in [1.807, 2.05) is 0 Å². The van der Waals surface area contributed by atoms with E-state index < -0.39 is 29.2 Å². The quantitative estimate of drug-likeness (QED) is 0.179. The van der Waals surface area contributed by atoms with Crippen molar-refractivity contribution in [2.45, 2.75) is 141 Å². The van der Waals surface area contributed by atoms with Crippen molar-refractivity contribution in [3.63, 3.8) is 0 Å². The topological polar surface area (TPSA) is 125 Å². The Hall–Kier alpha value is -2.94. The molecule has 9 nitrogen and oxygen atoms in total. The zero-order valence-electron chi connectivity index (χ0n) is 29.7. The molecule has 3 unspecified atom stereocenters. The highest BCUT2D eigenvalue weighted by Crippen LogP contribution is 2.64. The molecule has 0 aromatic heterocycles. The molecule has 3 atom stereocenters. The number of carbonyl (C=O) groups excluding carboxylic acids is 4. The first-order valence-corrected chi connectivity index (χ1v) is 17.9. The number of ether oxygens (including phenoxy) is 4. The Morgan fingerprint density at radius 1 is 0.750 bits per heavy atom. The Morgan fingerprint density at radius 3 is 1.65 bits per heavy atom. The minimum Gasteiger partial charge on any atom is -0.463 e. The summed E-state index contributed by atoms with van der Waals surface area (Å²) in [6, 6.07) is 0. The van der Waals surface area contributed by atoms with Crippen molar-refractivity contribution in [1.29, 1.82) is 0 Å². The largest absolute Gasteiger partial charge is 0.463 e. The summed E-state index contributed by atoms with van der Waals surface area (Å²) in [7, 11) is 0. The summed E-state index contributed by atoms with van der Waals surface area (Å²) in [4.78, 5) is 45.4. The SMILES string of the molecule is C=C(C)C(=O)OC(C)(C)C12CC3CC(CC(C3)C1)C2.C=C(C)C(=O)OC12CC3CC(CC(O)(C3)C1)C2.C=C(C)C(=O)OC1CCOC1=O. The summed E-state index contributed by atoms with van der Waals surface area (Å²) in [5.41, 5.74) is 0.167. The fourth-order valence-electron chi connectivity index (χ4n) is 10.6. The van der Waals surface area contributed by atoms with Gasteiger partial charge in [-0.2, -0.15) is 0 Å². The molecule has 0 amide bonds. The van der Waals surface area contributed by atoms with Crippen LogP contribution in [-0.2, 0) is 38.1 Å². The van der Waals surface area contributed by atoms with E-state index in [1.165, 1.54) is 51.9 Å². The number of cyclic esters (lactones) is 1. The highest BCUT2D eigenvalue weighted by Gasteiger charge is 2.60. The number of hydrogen-bond donors (Lipinski definition) is 1. The van der Waals surface area contributed by atoms with Crippen molar-refractivity contribution in [2.24, 2.45) is 35.0 Å². The number of hydrogen-bond acceptors (Lipinski definition) is 9. The normalized spacial score (nSPS) is 38.0. The molecule has 1 heterocycles. The fourth-order valence-corrected chi connectivity index (χ4v) is 10.6. The Kier molecular flexibility index (Phi) is 10.2. The minimum absolute atomic E-state index is 0.222. The molecule has 0 aromatic rings. The smallest absolute Gasteiger partial charge is 0.347 e. The lowest BCUT2D eigenvalue weighted by Gasteiger charge is -2.61. The summed E-state index contributed by atoms with van der Waals surface area (Å²) < 4.78 is 20.9. The first-order valence-electron chi connectivity index (χ1n) is 17.9. The summed E-state index contributed by atoms with van der Waals surface area (Å²) in [5, 5.41) is 10.5. The van der Waals surface area contributed by atoms with E-state index in [1.54, 1.807) is 13.8 Å². The zero-order chi connectivity index (χ0) is 35.2.